The van der Waals surface area contributed by atoms with Crippen LogP contribution >= 0.6 is 0 Å². The zero-order valence-corrected chi connectivity index (χ0v) is 13.8. The Balaban J connectivity index is 1.74. The van der Waals surface area contributed by atoms with Gasteiger partial charge in [-0.1, -0.05) is 6.07 Å². The van der Waals surface area contributed by atoms with Crippen LogP contribution in [-0.2, 0) is 6.54 Å². The molecule has 0 atom stereocenters. The fourth-order valence-electron chi connectivity index (χ4n) is 2.45. The van der Waals surface area contributed by atoms with E-state index in [1.165, 1.54) is 25.1 Å². The zero-order valence-electron chi connectivity index (χ0n) is 13.8. The van der Waals surface area contributed by atoms with Gasteiger partial charge in [-0.25, -0.2) is 4.98 Å². The van der Waals surface area contributed by atoms with Crippen molar-refractivity contribution in [2.45, 2.75) is 46.2 Å². The van der Waals surface area contributed by atoms with Gasteiger partial charge in [-0.05, 0) is 65.9 Å². The quantitative estimate of drug-likeness (QED) is 0.758. The highest BCUT2D eigenvalue weighted by Gasteiger charge is 2.07. The van der Waals surface area contributed by atoms with E-state index in [0.717, 1.165) is 24.4 Å². The molecule has 0 radical (unpaired) electrons. The van der Waals surface area contributed by atoms with Gasteiger partial charge in [0.2, 0.25) is 0 Å². The van der Waals surface area contributed by atoms with Crippen LogP contribution < -0.4 is 5.32 Å². The summed E-state index contributed by atoms with van der Waals surface area (Å²) in [5.74, 6) is 0. The van der Waals surface area contributed by atoms with Crippen LogP contribution in [0.1, 0.15) is 38.1 Å². The molecule has 1 N–H and O–H groups in total. The smallest absolute Gasteiger partial charge is 0.137 e. The third-order valence-corrected chi connectivity index (χ3v) is 4.12. The number of nitrogens with zero attached hydrogens (tertiary/aromatic N) is 3. The molecular formula is C17H28N4. The summed E-state index contributed by atoms with van der Waals surface area (Å²) in [6.45, 7) is 9.69. The lowest BCUT2D eigenvalue weighted by molar-refractivity contribution is 0.268. The van der Waals surface area contributed by atoms with Crippen LogP contribution in [0.4, 0.5) is 0 Å². The van der Waals surface area contributed by atoms with E-state index in [0.29, 0.717) is 6.04 Å². The molecule has 0 bridgehead atoms. The first-order valence-electron chi connectivity index (χ1n) is 7.93. The maximum absolute atomic E-state index is 4.59. The first-order valence-corrected chi connectivity index (χ1v) is 7.93. The molecule has 4 heteroatoms. The Morgan fingerprint density at radius 1 is 1.29 bits per heavy atom. The van der Waals surface area contributed by atoms with Gasteiger partial charge < -0.3 is 14.6 Å². The molecule has 0 aliphatic heterocycles. The average Bonchev–Trinajstić information content (AvgIpc) is 2.78. The van der Waals surface area contributed by atoms with Gasteiger partial charge in [0.1, 0.15) is 5.65 Å². The topological polar surface area (TPSA) is 32.6 Å². The van der Waals surface area contributed by atoms with Crippen LogP contribution in [0.5, 0.6) is 0 Å². The van der Waals surface area contributed by atoms with Crippen LogP contribution in [0.2, 0.25) is 0 Å². The van der Waals surface area contributed by atoms with Gasteiger partial charge in [0.05, 0.1) is 11.4 Å². The molecule has 2 rings (SSSR count). The van der Waals surface area contributed by atoms with E-state index in [2.05, 4.69) is 65.7 Å². The van der Waals surface area contributed by atoms with Gasteiger partial charge in [-0.3, -0.25) is 0 Å². The van der Waals surface area contributed by atoms with Crippen molar-refractivity contribution in [3.8, 4) is 0 Å². The van der Waals surface area contributed by atoms with Gasteiger partial charge in [0.25, 0.3) is 0 Å². The number of fused-ring (bicyclic) bond motifs is 1. The predicted molar refractivity (Wildman–Crippen MR) is 88.6 cm³/mol. The van der Waals surface area contributed by atoms with Crippen LogP contribution in [0.25, 0.3) is 5.65 Å². The number of unbranched alkanes of at least 4 members (excludes halogenated alkanes) is 1. The summed E-state index contributed by atoms with van der Waals surface area (Å²) in [4.78, 5) is 6.98. The highest BCUT2D eigenvalue weighted by atomic mass is 15.1. The fraction of sp³-hybridized carbons (Fsp3) is 0.588. The summed E-state index contributed by atoms with van der Waals surface area (Å²) >= 11 is 0. The Morgan fingerprint density at radius 3 is 2.86 bits per heavy atom. The SMILES string of the molecule is Cc1nc2ccccn2c1CNCCCCN(C)C(C)C. The molecule has 0 saturated heterocycles. The molecule has 0 fully saturated rings. The number of nitrogens with one attached hydrogen (secondary N) is 1. The van der Waals surface area contributed by atoms with Crippen molar-refractivity contribution in [1.82, 2.24) is 19.6 Å². The molecule has 0 aliphatic rings. The Hall–Kier alpha value is -1.39. The summed E-state index contributed by atoms with van der Waals surface area (Å²) in [5, 5.41) is 3.54. The van der Waals surface area contributed by atoms with Crippen LogP contribution in [0.3, 0.4) is 0 Å². The minimum absolute atomic E-state index is 0.638. The summed E-state index contributed by atoms with van der Waals surface area (Å²) in [7, 11) is 2.19. The summed E-state index contributed by atoms with van der Waals surface area (Å²) in [6, 6.07) is 6.78. The molecule has 0 spiro atoms. The van der Waals surface area contributed by atoms with E-state index in [1.54, 1.807) is 0 Å². The van der Waals surface area contributed by atoms with Crippen molar-refractivity contribution in [3.63, 3.8) is 0 Å². The second kappa shape index (κ2) is 7.57. The maximum atomic E-state index is 4.59. The minimum atomic E-state index is 0.638. The molecule has 116 valence electrons. The molecule has 0 unspecified atom stereocenters. The first-order chi connectivity index (χ1) is 10.1. The van der Waals surface area contributed by atoms with E-state index in [-0.39, 0.29) is 0 Å². The standard InChI is InChI=1S/C17H28N4/c1-14(2)20(4)11-8-6-10-18-13-16-15(3)19-17-9-5-7-12-21(16)17/h5,7,9,12,14,18H,6,8,10-11,13H2,1-4H3. The fourth-order valence-corrected chi connectivity index (χ4v) is 2.45. The lowest BCUT2D eigenvalue weighted by Gasteiger charge is -2.20. The van der Waals surface area contributed by atoms with E-state index in [9.17, 15) is 0 Å². The van der Waals surface area contributed by atoms with Crippen molar-refractivity contribution < 1.29 is 0 Å². The molecule has 0 saturated carbocycles. The van der Waals surface area contributed by atoms with Gasteiger partial charge in [0.15, 0.2) is 0 Å². The van der Waals surface area contributed by atoms with Gasteiger partial charge >= 0.3 is 0 Å². The Labute approximate surface area is 128 Å². The highest BCUT2D eigenvalue weighted by Crippen LogP contribution is 2.11. The molecule has 2 aromatic rings. The van der Waals surface area contributed by atoms with E-state index < -0.39 is 0 Å². The highest BCUT2D eigenvalue weighted by molar-refractivity contribution is 5.42. The third-order valence-electron chi connectivity index (χ3n) is 4.12. The lowest BCUT2D eigenvalue weighted by Crippen LogP contribution is -2.27. The van der Waals surface area contributed by atoms with Crippen LogP contribution in [-0.4, -0.2) is 40.5 Å². The molecule has 0 amide bonds. The van der Waals surface area contributed by atoms with Gasteiger partial charge in [0, 0.05) is 18.8 Å². The predicted octanol–water partition coefficient (Wildman–Crippen LogP) is 2.85. The number of aryl methyl sites for hydroxylation is 1. The summed E-state index contributed by atoms with van der Waals surface area (Å²) < 4.78 is 2.18. The maximum Gasteiger partial charge on any atom is 0.137 e. The number of rotatable bonds is 8. The number of hydrogen-bond acceptors (Lipinski definition) is 3. The molecule has 0 aromatic carbocycles. The number of imidazole rings is 1. The minimum Gasteiger partial charge on any atom is -0.311 e. The van der Waals surface area contributed by atoms with Crippen molar-refractivity contribution in [3.05, 3.63) is 35.8 Å². The van der Waals surface area contributed by atoms with Crippen LogP contribution in [0, 0.1) is 6.92 Å². The molecule has 21 heavy (non-hydrogen) atoms. The third kappa shape index (κ3) is 4.29. The first kappa shape index (κ1) is 16.0. The summed E-state index contributed by atoms with van der Waals surface area (Å²) in [6.07, 6.45) is 4.55. The second-order valence-corrected chi connectivity index (χ2v) is 6.03. The Bertz CT molecular complexity index is 559. The number of aromatic nitrogens is 2. The molecular weight excluding hydrogens is 260 g/mol. The largest absolute Gasteiger partial charge is 0.311 e. The van der Waals surface area contributed by atoms with Gasteiger partial charge in [-0.15, -0.1) is 0 Å². The van der Waals surface area contributed by atoms with Crippen molar-refractivity contribution in [1.29, 1.82) is 0 Å². The van der Waals surface area contributed by atoms with E-state index >= 15 is 0 Å². The number of pyridine rings is 1. The lowest BCUT2D eigenvalue weighted by atomic mass is 10.2. The summed E-state index contributed by atoms with van der Waals surface area (Å²) in [5.41, 5.74) is 3.42. The monoisotopic (exact) mass is 288 g/mol. The number of hydrogen-bond donors (Lipinski definition) is 1. The van der Waals surface area contributed by atoms with Crippen molar-refractivity contribution in [2.75, 3.05) is 20.1 Å². The van der Waals surface area contributed by atoms with Crippen LogP contribution in [0.15, 0.2) is 24.4 Å². The van der Waals surface area contributed by atoms with E-state index in [1.807, 2.05) is 6.07 Å². The normalized spacial score (nSPS) is 11.9. The van der Waals surface area contributed by atoms with Crippen molar-refractivity contribution in [2.24, 2.45) is 0 Å². The van der Waals surface area contributed by atoms with Crippen molar-refractivity contribution >= 4 is 5.65 Å². The Kier molecular flexibility index (Phi) is 5.76. The molecule has 2 aromatic heterocycles. The Morgan fingerprint density at radius 2 is 2.10 bits per heavy atom. The van der Waals surface area contributed by atoms with Gasteiger partial charge in [-0.2, -0.15) is 0 Å². The zero-order chi connectivity index (χ0) is 15.2. The molecule has 0 aliphatic carbocycles. The average molecular weight is 288 g/mol. The molecule has 2 heterocycles. The van der Waals surface area contributed by atoms with E-state index in [4.69, 9.17) is 0 Å². The molecule has 4 nitrogen and oxygen atoms in total. The second-order valence-electron chi connectivity index (χ2n) is 6.03.